The molecule has 0 aliphatic heterocycles. The quantitative estimate of drug-likeness (QED) is 0.874. The summed E-state index contributed by atoms with van der Waals surface area (Å²) in [6.07, 6.45) is 5.55. The normalized spacial score (nSPS) is 26.9. The van der Waals surface area contributed by atoms with Crippen LogP contribution < -0.4 is 19.5 Å². The van der Waals surface area contributed by atoms with Crippen LogP contribution in [0.1, 0.15) is 31.2 Å². The van der Waals surface area contributed by atoms with Crippen LogP contribution in [0.25, 0.3) is 0 Å². The number of fused-ring (bicyclic) bond motifs is 2. The average Bonchev–Trinajstić information content (AvgIpc) is 3.14. The average molecular weight is 291 g/mol. The SMILES string of the molecule is COc1cc(OC)c(CNC2CC3CCC2C3)c(OC)c1. The first-order valence-electron chi connectivity index (χ1n) is 7.77. The molecular weight excluding hydrogens is 266 g/mol. The number of rotatable bonds is 6. The smallest absolute Gasteiger partial charge is 0.130 e. The summed E-state index contributed by atoms with van der Waals surface area (Å²) >= 11 is 0. The summed E-state index contributed by atoms with van der Waals surface area (Å²) in [7, 11) is 5.03. The zero-order valence-electron chi connectivity index (χ0n) is 13.1. The van der Waals surface area contributed by atoms with Gasteiger partial charge in [-0.05, 0) is 31.1 Å². The van der Waals surface area contributed by atoms with E-state index in [1.807, 2.05) is 12.1 Å². The third-order valence-electron chi connectivity index (χ3n) is 5.10. The molecule has 0 spiro atoms. The van der Waals surface area contributed by atoms with E-state index in [0.717, 1.165) is 41.2 Å². The van der Waals surface area contributed by atoms with Gasteiger partial charge in [0, 0.05) is 24.7 Å². The predicted octanol–water partition coefficient (Wildman–Crippen LogP) is 2.99. The van der Waals surface area contributed by atoms with Crippen molar-refractivity contribution in [3.8, 4) is 17.2 Å². The highest BCUT2D eigenvalue weighted by molar-refractivity contribution is 5.50. The summed E-state index contributed by atoms with van der Waals surface area (Å²) in [5.74, 6) is 4.22. The number of methoxy groups -OCH3 is 3. The molecule has 1 N–H and O–H groups in total. The minimum Gasteiger partial charge on any atom is -0.496 e. The molecule has 3 unspecified atom stereocenters. The number of ether oxygens (including phenoxy) is 3. The molecule has 21 heavy (non-hydrogen) atoms. The zero-order valence-corrected chi connectivity index (χ0v) is 13.1. The first-order valence-corrected chi connectivity index (χ1v) is 7.77. The second-order valence-electron chi connectivity index (χ2n) is 6.17. The summed E-state index contributed by atoms with van der Waals surface area (Å²) < 4.78 is 16.3. The first kappa shape index (κ1) is 14.5. The molecule has 116 valence electrons. The second-order valence-corrected chi connectivity index (χ2v) is 6.17. The Balaban J connectivity index is 1.74. The monoisotopic (exact) mass is 291 g/mol. The Morgan fingerprint density at radius 2 is 1.71 bits per heavy atom. The molecule has 2 bridgehead atoms. The van der Waals surface area contributed by atoms with Crippen molar-refractivity contribution in [2.45, 2.75) is 38.3 Å². The number of nitrogens with one attached hydrogen (secondary N) is 1. The van der Waals surface area contributed by atoms with Crippen LogP contribution in [-0.2, 0) is 6.54 Å². The molecule has 0 radical (unpaired) electrons. The number of hydrogen-bond donors (Lipinski definition) is 1. The van der Waals surface area contributed by atoms with Crippen LogP contribution in [0.5, 0.6) is 17.2 Å². The van der Waals surface area contributed by atoms with Crippen LogP contribution >= 0.6 is 0 Å². The van der Waals surface area contributed by atoms with Crippen molar-refractivity contribution in [1.29, 1.82) is 0 Å². The molecule has 2 aliphatic carbocycles. The van der Waals surface area contributed by atoms with Crippen LogP contribution in [-0.4, -0.2) is 27.4 Å². The molecule has 0 aromatic heterocycles. The molecule has 1 aromatic carbocycles. The van der Waals surface area contributed by atoms with Gasteiger partial charge >= 0.3 is 0 Å². The Bertz CT molecular complexity index is 478. The fourth-order valence-electron chi connectivity index (χ4n) is 3.98. The van der Waals surface area contributed by atoms with E-state index in [2.05, 4.69) is 5.32 Å². The van der Waals surface area contributed by atoms with Gasteiger partial charge < -0.3 is 19.5 Å². The Morgan fingerprint density at radius 1 is 1.00 bits per heavy atom. The predicted molar refractivity (Wildman–Crippen MR) is 82.2 cm³/mol. The molecule has 4 nitrogen and oxygen atoms in total. The lowest BCUT2D eigenvalue weighted by Gasteiger charge is -2.24. The molecular formula is C17H25NO3. The molecule has 0 amide bonds. The van der Waals surface area contributed by atoms with Gasteiger partial charge in [-0.25, -0.2) is 0 Å². The van der Waals surface area contributed by atoms with Crippen LogP contribution in [0, 0.1) is 11.8 Å². The van der Waals surface area contributed by atoms with Gasteiger partial charge in [0.25, 0.3) is 0 Å². The Hall–Kier alpha value is -1.42. The molecule has 2 fully saturated rings. The molecule has 3 atom stereocenters. The van der Waals surface area contributed by atoms with E-state index in [4.69, 9.17) is 14.2 Å². The fraction of sp³-hybridized carbons (Fsp3) is 0.647. The lowest BCUT2D eigenvalue weighted by atomic mass is 9.95. The molecule has 2 aliphatic rings. The van der Waals surface area contributed by atoms with Gasteiger partial charge in [-0.3, -0.25) is 0 Å². The van der Waals surface area contributed by atoms with Crippen LogP contribution in [0.4, 0.5) is 0 Å². The van der Waals surface area contributed by atoms with Crippen LogP contribution in [0.3, 0.4) is 0 Å². The Labute approximate surface area is 126 Å². The lowest BCUT2D eigenvalue weighted by Crippen LogP contribution is -2.33. The van der Waals surface area contributed by atoms with Gasteiger partial charge in [-0.2, -0.15) is 0 Å². The van der Waals surface area contributed by atoms with Gasteiger partial charge in [0.15, 0.2) is 0 Å². The van der Waals surface area contributed by atoms with E-state index < -0.39 is 0 Å². The maximum atomic E-state index is 5.51. The van der Waals surface area contributed by atoms with E-state index in [-0.39, 0.29) is 0 Å². The zero-order chi connectivity index (χ0) is 14.8. The van der Waals surface area contributed by atoms with E-state index in [1.165, 1.54) is 25.7 Å². The topological polar surface area (TPSA) is 39.7 Å². The molecule has 3 rings (SSSR count). The maximum Gasteiger partial charge on any atom is 0.130 e. The van der Waals surface area contributed by atoms with Gasteiger partial charge in [-0.15, -0.1) is 0 Å². The van der Waals surface area contributed by atoms with E-state index >= 15 is 0 Å². The standard InChI is InChI=1S/C17H25NO3/c1-19-13-8-16(20-2)14(17(9-13)21-3)10-18-15-7-11-4-5-12(15)6-11/h8-9,11-12,15,18H,4-7,10H2,1-3H3. The molecule has 1 aromatic rings. The maximum absolute atomic E-state index is 5.51. The fourth-order valence-corrected chi connectivity index (χ4v) is 3.98. The van der Waals surface area contributed by atoms with Gasteiger partial charge in [0.1, 0.15) is 17.2 Å². The van der Waals surface area contributed by atoms with Crippen molar-refractivity contribution < 1.29 is 14.2 Å². The molecule has 0 saturated heterocycles. The first-order chi connectivity index (χ1) is 10.2. The van der Waals surface area contributed by atoms with Crippen LogP contribution in [0.2, 0.25) is 0 Å². The third-order valence-corrected chi connectivity index (χ3v) is 5.10. The van der Waals surface area contributed by atoms with Gasteiger partial charge in [0.05, 0.1) is 26.9 Å². The highest BCUT2D eigenvalue weighted by Gasteiger charge is 2.39. The summed E-state index contributed by atoms with van der Waals surface area (Å²) in [6.45, 7) is 0.782. The minimum absolute atomic E-state index is 0.653. The molecule has 0 heterocycles. The summed E-state index contributed by atoms with van der Waals surface area (Å²) in [5, 5.41) is 3.72. The molecule has 4 heteroatoms. The van der Waals surface area contributed by atoms with Gasteiger partial charge in [-0.1, -0.05) is 6.42 Å². The molecule has 2 saturated carbocycles. The van der Waals surface area contributed by atoms with E-state index in [0.29, 0.717) is 6.04 Å². The Kier molecular flexibility index (Phi) is 4.24. The summed E-state index contributed by atoms with van der Waals surface area (Å²) in [5.41, 5.74) is 1.07. The number of benzene rings is 1. The van der Waals surface area contributed by atoms with Crippen molar-refractivity contribution >= 4 is 0 Å². The summed E-state index contributed by atoms with van der Waals surface area (Å²) in [4.78, 5) is 0. The van der Waals surface area contributed by atoms with E-state index in [1.54, 1.807) is 21.3 Å². The third kappa shape index (κ3) is 2.82. The van der Waals surface area contributed by atoms with Crippen LogP contribution in [0.15, 0.2) is 12.1 Å². The Morgan fingerprint density at radius 3 is 2.19 bits per heavy atom. The summed E-state index contributed by atoms with van der Waals surface area (Å²) in [6, 6.07) is 4.49. The van der Waals surface area contributed by atoms with Crippen molar-refractivity contribution in [3.05, 3.63) is 17.7 Å². The van der Waals surface area contributed by atoms with Crippen molar-refractivity contribution in [1.82, 2.24) is 5.32 Å². The second kappa shape index (κ2) is 6.14. The van der Waals surface area contributed by atoms with E-state index in [9.17, 15) is 0 Å². The minimum atomic E-state index is 0.653. The number of hydrogen-bond acceptors (Lipinski definition) is 4. The van der Waals surface area contributed by atoms with Gasteiger partial charge in [0.2, 0.25) is 0 Å². The lowest BCUT2D eigenvalue weighted by molar-refractivity contribution is 0.336. The van der Waals surface area contributed by atoms with Crippen molar-refractivity contribution in [3.63, 3.8) is 0 Å². The highest BCUT2D eigenvalue weighted by Crippen LogP contribution is 2.44. The highest BCUT2D eigenvalue weighted by atomic mass is 16.5. The largest absolute Gasteiger partial charge is 0.496 e. The van der Waals surface area contributed by atoms with Crippen molar-refractivity contribution in [2.24, 2.45) is 11.8 Å². The van der Waals surface area contributed by atoms with Crippen molar-refractivity contribution in [2.75, 3.05) is 21.3 Å².